The van der Waals surface area contributed by atoms with Gasteiger partial charge in [-0.15, -0.1) is 0 Å². The molecule has 5 nitrogen and oxygen atoms in total. The normalized spacial score (nSPS) is 21.2. The molecule has 2 heterocycles. The van der Waals surface area contributed by atoms with Gasteiger partial charge in [0.15, 0.2) is 0 Å². The van der Waals surface area contributed by atoms with Crippen LogP contribution in [0.2, 0.25) is 0 Å². The number of nitrogens with one attached hydrogen (secondary N) is 1. The third kappa shape index (κ3) is 4.61. The Morgan fingerprint density at radius 1 is 1.04 bits per heavy atom. The minimum absolute atomic E-state index is 0.00411. The fourth-order valence-corrected chi connectivity index (χ4v) is 4.37. The van der Waals surface area contributed by atoms with E-state index in [-0.39, 0.29) is 12.1 Å². The van der Waals surface area contributed by atoms with Crippen molar-refractivity contribution >= 4 is 5.91 Å². The molecule has 0 radical (unpaired) electrons. The molecule has 5 heteroatoms. The molecule has 148 valence electrons. The third-order valence-corrected chi connectivity index (χ3v) is 5.82. The number of β-amino-alcohol motifs (C(OH)–C–C–N with tert-alkyl or cyclic N) is 1. The van der Waals surface area contributed by atoms with Gasteiger partial charge >= 0.3 is 0 Å². The summed E-state index contributed by atoms with van der Waals surface area (Å²) in [6, 6.07) is 17.9. The predicted octanol–water partition coefficient (Wildman–Crippen LogP) is 2.26. The second-order valence-electron chi connectivity index (χ2n) is 7.90. The molecule has 1 fully saturated rings. The van der Waals surface area contributed by atoms with Crippen molar-refractivity contribution in [1.82, 2.24) is 15.1 Å². The van der Waals surface area contributed by atoms with Crippen LogP contribution in [0.25, 0.3) is 0 Å². The highest BCUT2D eigenvalue weighted by molar-refractivity contribution is 5.94. The quantitative estimate of drug-likeness (QED) is 0.808. The van der Waals surface area contributed by atoms with Crippen LogP contribution in [0.15, 0.2) is 54.6 Å². The molecule has 2 unspecified atom stereocenters. The number of carbonyl (C=O) groups excluding carboxylic acids is 1. The van der Waals surface area contributed by atoms with Crippen LogP contribution in [-0.2, 0) is 13.0 Å². The molecule has 2 aromatic rings. The maximum atomic E-state index is 12.5. The zero-order valence-corrected chi connectivity index (χ0v) is 16.3. The number of likely N-dealkylation sites (tertiary alicyclic amines) is 1. The number of rotatable bonds is 6. The number of hydrogen-bond donors (Lipinski definition) is 2. The summed E-state index contributed by atoms with van der Waals surface area (Å²) in [5.41, 5.74) is 3.48. The molecular weight excluding hydrogens is 350 g/mol. The molecule has 0 bridgehead atoms. The highest BCUT2D eigenvalue weighted by Gasteiger charge is 2.28. The molecule has 0 aliphatic carbocycles. The van der Waals surface area contributed by atoms with Gasteiger partial charge in [-0.1, -0.05) is 42.5 Å². The Bertz CT molecular complexity index is 795. The lowest BCUT2D eigenvalue weighted by Crippen LogP contribution is -2.49. The Hall–Kier alpha value is -2.21. The summed E-state index contributed by atoms with van der Waals surface area (Å²) in [6.07, 6.45) is 2.61. The van der Waals surface area contributed by atoms with Crippen molar-refractivity contribution in [3.63, 3.8) is 0 Å². The lowest BCUT2D eigenvalue weighted by atomic mass is 10.00. The van der Waals surface area contributed by atoms with Gasteiger partial charge < -0.3 is 10.4 Å². The van der Waals surface area contributed by atoms with Crippen LogP contribution in [0, 0.1) is 0 Å². The number of amides is 1. The van der Waals surface area contributed by atoms with Gasteiger partial charge in [-0.25, -0.2) is 0 Å². The van der Waals surface area contributed by atoms with E-state index in [1.807, 2.05) is 30.3 Å². The molecule has 1 saturated heterocycles. The van der Waals surface area contributed by atoms with Crippen LogP contribution in [-0.4, -0.2) is 59.3 Å². The Morgan fingerprint density at radius 3 is 2.61 bits per heavy atom. The summed E-state index contributed by atoms with van der Waals surface area (Å²) in [5.74, 6) is -0.0420. The molecule has 2 atom stereocenters. The second-order valence-corrected chi connectivity index (χ2v) is 7.90. The van der Waals surface area contributed by atoms with E-state index in [4.69, 9.17) is 0 Å². The zero-order valence-electron chi connectivity index (χ0n) is 16.3. The number of nitrogens with zero attached hydrogens (tertiary/aromatic N) is 2. The first-order chi connectivity index (χ1) is 13.7. The molecule has 1 amide bonds. The molecule has 2 aliphatic heterocycles. The van der Waals surface area contributed by atoms with Crippen LogP contribution in [0.4, 0.5) is 0 Å². The number of fused-ring (bicyclic) bond motifs is 1. The fraction of sp³-hybridized carbons (Fsp3) is 0.435. The van der Waals surface area contributed by atoms with E-state index >= 15 is 0 Å². The third-order valence-electron chi connectivity index (χ3n) is 5.82. The van der Waals surface area contributed by atoms with Gasteiger partial charge in [0.2, 0.25) is 0 Å². The van der Waals surface area contributed by atoms with Gasteiger partial charge in [-0.2, -0.15) is 0 Å². The maximum absolute atomic E-state index is 12.5. The van der Waals surface area contributed by atoms with Gasteiger partial charge in [0.05, 0.1) is 12.3 Å². The molecule has 28 heavy (non-hydrogen) atoms. The summed E-state index contributed by atoms with van der Waals surface area (Å²) >= 11 is 0. The van der Waals surface area contributed by atoms with Gasteiger partial charge in [-0.3, -0.25) is 14.6 Å². The van der Waals surface area contributed by atoms with Crippen LogP contribution >= 0.6 is 0 Å². The van der Waals surface area contributed by atoms with Crippen molar-refractivity contribution in [2.24, 2.45) is 0 Å². The first-order valence-corrected chi connectivity index (χ1v) is 10.3. The van der Waals surface area contributed by atoms with Gasteiger partial charge in [0, 0.05) is 38.3 Å². The van der Waals surface area contributed by atoms with Crippen molar-refractivity contribution in [3.8, 4) is 0 Å². The van der Waals surface area contributed by atoms with Crippen molar-refractivity contribution in [2.45, 2.75) is 38.1 Å². The number of hydrogen-bond acceptors (Lipinski definition) is 4. The average molecular weight is 380 g/mol. The van der Waals surface area contributed by atoms with E-state index in [0.29, 0.717) is 18.7 Å². The first-order valence-electron chi connectivity index (χ1n) is 10.3. The van der Waals surface area contributed by atoms with Gasteiger partial charge in [-0.05, 0) is 42.5 Å². The smallest absolute Gasteiger partial charge is 0.252 e. The summed E-state index contributed by atoms with van der Waals surface area (Å²) < 4.78 is 0. The topological polar surface area (TPSA) is 55.8 Å². The molecular formula is C23H29N3O2. The fourth-order valence-electron chi connectivity index (χ4n) is 4.37. The number of carbonyl (C=O) groups is 1. The second kappa shape index (κ2) is 8.86. The molecule has 0 spiro atoms. The summed E-state index contributed by atoms with van der Waals surface area (Å²) in [7, 11) is 0. The maximum Gasteiger partial charge on any atom is 0.252 e. The lowest BCUT2D eigenvalue weighted by Gasteiger charge is -2.33. The first kappa shape index (κ1) is 19.1. The van der Waals surface area contributed by atoms with E-state index in [2.05, 4.69) is 39.4 Å². The Morgan fingerprint density at radius 2 is 1.79 bits per heavy atom. The Kier molecular flexibility index (Phi) is 6.05. The highest BCUT2D eigenvalue weighted by Crippen LogP contribution is 2.20. The zero-order chi connectivity index (χ0) is 19.3. The monoisotopic (exact) mass is 379 g/mol. The van der Waals surface area contributed by atoms with Crippen LogP contribution in [0.1, 0.15) is 34.3 Å². The highest BCUT2D eigenvalue weighted by atomic mass is 16.3. The van der Waals surface area contributed by atoms with Gasteiger partial charge in [0.25, 0.3) is 5.91 Å². The lowest BCUT2D eigenvalue weighted by molar-refractivity contribution is 0.0566. The van der Waals surface area contributed by atoms with E-state index in [0.717, 1.165) is 38.9 Å². The number of aliphatic hydroxyl groups is 1. The van der Waals surface area contributed by atoms with E-state index in [1.165, 1.54) is 11.1 Å². The van der Waals surface area contributed by atoms with Crippen LogP contribution in [0.5, 0.6) is 0 Å². The van der Waals surface area contributed by atoms with E-state index in [9.17, 15) is 9.90 Å². The summed E-state index contributed by atoms with van der Waals surface area (Å²) in [6.45, 7) is 4.07. The molecule has 2 N–H and O–H groups in total. The van der Waals surface area contributed by atoms with Crippen molar-refractivity contribution in [3.05, 3.63) is 71.3 Å². The predicted molar refractivity (Wildman–Crippen MR) is 110 cm³/mol. The van der Waals surface area contributed by atoms with Gasteiger partial charge in [0.1, 0.15) is 0 Å². The number of aliphatic hydroxyl groups excluding tert-OH is 1. The molecule has 0 aromatic heterocycles. The summed E-state index contributed by atoms with van der Waals surface area (Å²) in [4.78, 5) is 17.0. The van der Waals surface area contributed by atoms with E-state index < -0.39 is 6.10 Å². The molecule has 4 rings (SSSR count). The van der Waals surface area contributed by atoms with Crippen LogP contribution in [0.3, 0.4) is 0 Å². The van der Waals surface area contributed by atoms with Crippen LogP contribution < -0.4 is 5.32 Å². The minimum atomic E-state index is -0.417. The Balaban J connectivity index is 1.29. The van der Waals surface area contributed by atoms with E-state index in [1.54, 1.807) is 0 Å². The van der Waals surface area contributed by atoms with Crippen molar-refractivity contribution in [2.75, 3.05) is 26.2 Å². The average Bonchev–Trinajstić information content (AvgIpc) is 3.15. The largest absolute Gasteiger partial charge is 0.390 e. The molecule has 2 aliphatic rings. The number of benzene rings is 2. The molecule has 0 saturated carbocycles. The standard InChI is InChI=1S/C23H29N3O2/c27-21(16-25-14-12-18-7-4-5-10-20(18)15-25)17-26-13-6-11-22(26)24-23(28)19-8-2-1-3-9-19/h1-5,7-10,21-22,27H,6,11-17H2,(H,24,28). The Labute approximate surface area is 167 Å². The SMILES string of the molecule is O=C(NC1CCCN1CC(O)CN1CCc2ccccc2C1)c1ccccc1. The minimum Gasteiger partial charge on any atom is -0.390 e. The van der Waals surface area contributed by atoms with Crippen molar-refractivity contribution in [1.29, 1.82) is 0 Å². The molecule has 2 aromatic carbocycles. The van der Waals surface area contributed by atoms with Crippen molar-refractivity contribution < 1.29 is 9.90 Å². The summed E-state index contributed by atoms with van der Waals surface area (Å²) in [5, 5.41) is 13.8.